The summed E-state index contributed by atoms with van der Waals surface area (Å²) in [4.78, 5) is 4.07. The van der Waals surface area contributed by atoms with E-state index in [1.54, 1.807) is 6.20 Å². The predicted octanol–water partition coefficient (Wildman–Crippen LogP) is 5.06. The monoisotopic (exact) mass is 306 g/mol. The molecule has 2 heterocycles. The number of hydrogen-bond acceptors (Lipinski definition) is 3. The molecule has 0 unspecified atom stereocenters. The van der Waals surface area contributed by atoms with Gasteiger partial charge in [0.25, 0.3) is 0 Å². The highest BCUT2D eigenvalue weighted by molar-refractivity contribution is 6.32. The van der Waals surface area contributed by atoms with E-state index in [1.807, 2.05) is 37.3 Å². The van der Waals surface area contributed by atoms with Crippen molar-refractivity contribution in [2.75, 3.05) is 5.32 Å². The normalized spacial score (nSPS) is 10.9. The number of hydrogen-bond donors (Lipinski definition) is 1. The molecule has 0 spiro atoms. The highest BCUT2D eigenvalue weighted by atomic mass is 35.5. The van der Waals surface area contributed by atoms with Gasteiger partial charge in [0.1, 0.15) is 5.58 Å². The number of nitrogens with one attached hydrogen (secondary N) is 1. The van der Waals surface area contributed by atoms with Gasteiger partial charge >= 0.3 is 0 Å². The fraction of sp³-hybridized carbons (Fsp3) is 0.133. The van der Waals surface area contributed by atoms with E-state index in [2.05, 4.69) is 10.3 Å². The number of rotatable bonds is 3. The van der Waals surface area contributed by atoms with Crippen molar-refractivity contribution in [3.05, 3.63) is 58.0 Å². The van der Waals surface area contributed by atoms with Gasteiger partial charge in [-0.2, -0.15) is 0 Å². The minimum atomic E-state index is 0.399. The number of aryl methyl sites for hydroxylation is 1. The van der Waals surface area contributed by atoms with Crippen LogP contribution in [0.3, 0.4) is 0 Å². The number of para-hydroxylation sites is 1. The summed E-state index contributed by atoms with van der Waals surface area (Å²) < 4.78 is 5.52. The van der Waals surface area contributed by atoms with Crippen molar-refractivity contribution in [2.45, 2.75) is 13.5 Å². The zero-order valence-corrected chi connectivity index (χ0v) is 12.3. The fourth-order valence-electron chi connectivity index (χ4n) is 2.15. The average molecular weight is 307 g/mol. The van der Waals surface area contributed by atoms with Crippen LogP contribution in [-0.4, -0.2) is 4.98 Å². The Morgan fingerprint density at radius 3 is 2.80 bits per heavy atom. The third-order valence-electron chi connectivity index (χ3n) is 3.20. The zero-order valence-electron chi connectivity index (χ0n) is 10.8. The molecule has 1 N–H and O–H groups in total. The number of fused-ring (bicyclic) bond motifs is 1. The lowest BCUT2D eigenvalue weighted by molar-refractivity contribution is 0.613. The molecule has 0 radical (unpaired) electrons. The third-order valence-corrected chi connectivity index (χ3v) is 3.80. The van der Waals surface area contributed by atoms with Crippen molar-refractivity contribution in [2.24, 2.45) is 0 Å². The van der Waals surface area contributed by atoms with Gasteiger partial charge in [0.05, 0.1) is 5.69 Å². The van der Waals surface area contributed by atoms with Crippen LogP contribution >= 0.6 is 23.2 Å². The van der Waals surface area contributed by atoms with E-state index < -0.39 is 0 Å². The second-order valence-electron chi connectivity index (χ2n) is 4.50. The number of benzene rings is 1. The van der Waals surface area contributed by atoms with Crippen molar-refractivity contribution in [1.29, 1.82) is 0 Å². The lowest BCUT2D eigenvalue weighted by atomic mass is 10.1. The van der Waals surface area contributed by atoms with Crippen LogP contribution in [0.15, 0.2) is 40.9 Å². The van der Waals surface area contributed by atoms with Crippen molar-refractivity contribution in [3.8, 4) is 0 Å². The summed E-state index contributed by atoms with van der Waals surface area (Å²) >= 11 is 12.3. The molecule has 1 aromatic carbocycles. The smallest absolute Gasteiger partial charge is 0.199 e. The Labute approximate surface area is 126 Å². The fourth-order valence-corrected chi connectivity index (χ4v) is 2.67. The average Bonchev–Trinajstić information content (AvgIpc) is 2.74. The van der Waals surface area contributed by atoms with E-state index in [0.717, 1.165) is 27.8 Å². The van der Waals surface area contributed by atoms with Crippen LogP contribution in [0, 0.1) is 6.92 Å². The molecule has 0 bridgehead atoms. The second kappa shape index (κ2) is 5.35. The Bertz CT molecular complexity index is 747. The molecule has 5 heteroatoms. The summed E-state index contributed by atoms with van der Waals surface area (Å²) in [6.45, 7) is 2.51. The molecule has 3 nitrogen and oxygen atoms in total. The van der Waals surface area contributed by atoms with Gasteiger partial charge in [-0.1, -0.05) is 29.8 Å². The number of furan rings is 1. The van der Waals surface area contributed by atoms with E-state index in [4.69, 9.17) is 27.6 Å². The molecule has 3 aromatic rings. The van der Waals surface area contributed by atoms with Gasteiger partial charge < -0.3 is 9.73 Å². The first kappa shape index (κ1) is 13.3. The van der Waals surface area contributed by atoms with E-state index in [1.165, 1.54) is 0 Å². The molecule has 102 valence electrons. The molecule has 2 aromatic heterocycles. The standard InChI is InChI=1S/C15H12Cl2N2O/c1-9-6-7-18-14(16)13(9)19-8-11-10-4-2-3-5-12(10)20-15(11)17/h2-7,19H,8H2,1H3. The third kappa shape index (κ3) is 2.35. The van der Waals surface area contributed by atoms with E-state index in [-0.39, 0.29) is 0 Å². The van der Waals surface area contributed by atoms with Gasteiger partial charge in [-0.3, -0.25) is 0 Å². The summed E-state index contributed by atoms with van der Waals surface area (Å²) in [6.07, 6.45) is 1.68. The van der Waals surface area contributed by atoms with Crippen LogP contribution in [0.4, 0.5) is 5.69 Å². The van der Waals surface area contributed by atoms with Gasteiger partial charge in [0.2, 0.25) is 0 Å². The molecular formula is C15H12Cl2N2O. The van der Waals surface area contributed by atoms with Crippen molar-refractivity contribution < 1.29 is 4.42 Å². The molecule has 0 saturated carbocycles. The van der Waals surface area contributed by atoms with Crippen molar-refractivity contribution in [1.82, 2.24) is 4.98 Å². The first-order chi connectivity index (χ1) is 9.66. The topological polar surface area (TPSA) is 38.1 Å². The molecule has 0 aliphatic rings. The van der Waals surface area contributed by atoms with Crippen LogP contribution < -0.4 is 5.32 Å². The van der Waals surface area contributed by atoms with Gasteiger partial charge in [-0.25, -0.2) is 4.98 Å². The number of pyridine rings is 1. The van der Waals surface area contributed by atoms with Crippen molar-refractivity contribution >= 4 is 39.9 Å². The lowest BCUT2D eigenvalue weighted by Crippen LogP contribution is -2.02. The molecule has 0 atom stereocenters. The van der Waals surface area contributed by atoms with Crippen molar-refractivity contribution in [3.63, 3.8) is 0 Å². The molecule has 20 heavy (non-hydrogen) atoms. The first-order valence-electron chi connectivity index (χ1n) is 6.17. The number of nitrogens with zero attached hydrogens (tertiary/aromatic N) is 1. The van der Waals surface area contributed by atoms with E-state index in [0.29, 0.717) is 16.9 Å². The molecule has 0 aliphatic carbocycles. The van der Waals surface area contributed by atoms with Gasteiger partial charge in [0, 0.05) is 23.7 Å². The van der Waals surface area contributed by atoms with Gasteiger partial charge in [-0.15, -0.1) is 0 Å². The van der Waals surface area contributed by atoms with Crippen LogP contribution in [0.25, 0.3) is 11.0 Å². The summed E-state index contributed by atoms with van der Waals surface area (Å²) in [5.74, 6) is 0. The Hall–Kier alpha value is -1.71. The van der Waals surface area contributed by atoms with Gasteiger partial charge in [0.15, 0.2) is 10.4 Å². The zero-order chi connectivity index (χ0) is 14.1. The van der Waals surface area contributed by atoms with E-state index in [9.17, 15) is 0 Å². The van der Waals surface area contributed by atoms with E-state index >= 15 is 0 Å². The molecule has 0 saturated heterocycles. The summed E-state index contributed by atoms with van der Waals surface area (Å²) in [6, 6.07) is 9.66. The van der Waals surface area contributed by atoms with Crippen LogP contribution in [0.2, 0.25) is 10.4 Å². The molecule has 0 amide bonds. The molecule has 0 fully saturated rings. The summed E-state index contributed by atoms with van der Waals surface area (Å²) in [5.41, 5.74) is 3.55. The first-order valence-corrected chi connectivity index (χ1v) is 6.93. The summed E-state index contributed by atoms with van der Waals surface area (Å²) in [7, 11) is 0. The van der Waals surface area contributed by atoms with Crippen LogP contribution in [0.1, 0.15) is 11.1 Å². The number of halogens is 2. The second-order valence-corrected chi connectivity index (χ2v) is 5.20. The molecule has 0 aliphatic heterocycles. The maximum absolute atomic E-state index is 6.16. The SMILES string of the molecule is Cc1ccnc(Cl)c1NCc1c(Cl)oc2ccccc12. The van der Waals surface area contributed by atoms with Gasteiger partial charge in [-0.05, 0) is 36.2 Å². The Morgan fingerprint density at radius 1 is 1.20 bits per heavy atom. The predicted molar refractivity (Wildman–Crippen MR) is 82.5 cm³/mol. The molecular weight excluding hydrogens is 295 g/mol. The Kier molecular flexibility index (Phi) is 3.55. The lowest BCUT2D eigenvalue weighted by Gasteiger charge is -2.10. The maximum Gasteiger partial charge on any atom is 0.199 e. The number of anilines is 1. The highest BCUT2D eigenvalue weighted by Crippen LogP contribution is 2.31. The molecule has 3 rings (SSSR count). The Morgan fingerprint density at radius 2 is 2.00 bits per heavy atom. The quantitative estimate of drug-likeness (QED) is 0.688. The maximum atomic E-state index is 6.16. The minimum absolute atomic E-state index is 0.399. The Balaban J connectivity index is 1.93. The minimum Gasteiger partial charge on any atom is -0.444 e. The number of aromatic nitrogens is 1. The summed E-state index contributed by atoms with van der Waals surface area (Å²) in [5, 5.41) is 5.13. The van der Waals surface area contributed by atoms with Crippen LogP contribution in [0.5, 0.6) is 0 Å². The van der Waals surface area contributed by atoms with Crippen LogP contribution in [-0.2, 0) is 6.54 Å². The largest absolute Gasteiger partial charge is 0.444 e. The highest BCUT2D eigenvalue weighted by Gasteiger charge is 2.13.